The third kappa shape index (κ3) is 4.34. The first-order chi connectivity index (χ1) is 9.76. The lowest BCUT2D eigenvalue weighted by Gasteiger charge is -2.15. The number of carbonyl (C=O) groups is 1. The van der Waals surface area contributed by atoms with Gasteiger partial charge in [0.05, 0.1) is 20.8 Å². The highest BCUT2D eigenvalue weighted by Gasteiger charge is 2.31. The highest BCUT2D eigenvalue weighted by Crippen LogP contribution is 2.32. The molecule has 9 heteroatoms. The Hall–Kier alpha value is -1.29. The smallest absolute Gasteiger partial charge is 0.266 e. The number of benzene rings is 1. The third-order valence-electron chi connectivity index (χ3n) is 2.58. The van der Waals surface area contributed by atoms with E-state index in [1.54, 1.807) is 6.07 Å². The van der Waals surface area contributed by atoms with Crippen molar-refractivity contribution < 1.29 is 22.2 Å². The van der Waals surface area contributed by atoms with Gasteiger partial charge in [0.15, 0.2) is 0 Å². The highest BCUT2D eigenvalue weighted by atomic mass is 32.2. The van der Waals surface area contributed by atoms with Crippen molar-refractivity contribution in [3.8, 4) is 0 Å². The van der Waals surface area contributed by atoms with Crippen LogP contribution in [0.3, 0.4) is 0 Å². The molecule has 1 aliphatic heterocycles. The predicted molar refractivity (Wildman–Crippen MR) is 80.8 cm³/mol. The van der Waals surface area contributed by atoms with E-state index in [-0.39, 0.29) is 15.8 Å². The molecule has 0 unspecified atom stereocenters. The van der Waals surface area contributed by atoms with Gasteiger partial charge in [-0.2, -0.15) is 0 Å². The molecule has 1 aromatic rings. The molecular weight excluding hydrogens is 337 g/mol. The van der Waals surface area contributed by atoms with Crippen LogP contribution in [0.1, 0.15) is 5.56 Å². The monoisotopic (exact) mass is 346 g/mol. The number of hydrogen-bond donors (Lipinski definition) is 0. The molecule has 21 heavy (non-hydrogen) atoms. The molecule has 0 atom stereocenters. The van der Waals surface area contributed by atoms with Crippen LogP contribution in [-0.2, 0) is 14.9 Å². The van der Waals surface area contributed by atoms with E-state index in [0.29, 0.717) is 5.56 Å². The van der Waals surface area contributed by atoms with Gasteiger partial charge in [0, 0.05) is 6.54 Å². The maximum Gasteiger partial charge on any atom is 0.266 e. The molecule has 112 valence electrons. The summed E-state index contributed by atoms with van der Waals surface area (Å²) in [6.45, 7) is -0.281. The van der Waals surface area contributed by atoms with Gasteiger partial charge in [-0.05, 0) is 23.8 Å². The molecular formula is C12H9FNO4S3-. The number of carbonyl (C=O) groups excluding carboxylic acids is 1. The minimum absolute atomic E-state index is 0.173. The van der Waals surface area contributed by atoms with Gasteiger partial charge in [-0.1, -0.05) is 36.1 Å². The zero-order chi connectivity index (χ0) is 15.6. The lowest BCUT2D eigenvalue weighted by atomic mass is 10.2. The van der Waals surface area contributed by atoms with E-state index >= 15 is 0 Å². The van der Waals surface area contributed by atoms with Crippen molar-refractivity contribution in [3.63, 3.8) is 0 Å². The van der Waals surface area contributed by atoms with Crippen LogP contribution in [0.5, 0.6) is 0 Å². The predicted octanol–water partition coefficient (Wildman–Crippen LogP) is 1.57. The topological polar surface area (TPSA) is 77.5 Å². The van der Waals surface area contributed by atoms with Crippen molar-refractivity contribution >= 4 is 50.4 Å². The summed E-state index contributed by atoms with van der Waals surface area (Å²) in [4.78, 5) is 13.4. The zero-order valence-corrected chi connectivity index (χ0v) is 12.9. The van der Waals surface area contributed by atoms with Gasteiger partial charge >= 0.3 is 0 Å². The molecule has 1 aromatic carbocycles. The van der Waals surface area contributed by atoms with Crippen molar-refractivity contribution in [2.75, 3.05) is 12.3 Å². The standard InChI is InChI=1S/C12H10FNO4S3/c13-9-3-1-2-8(6-9)7-10-11(15)14(12(19)20-10)4-5-21(16,17)18/h1-3,6-7H,4-5H2,(H,16,17,18)/p-1/b10-7-. The van der Waals surface area contributed by atoms with E-state index in [9.17, 15) is 22.2 Å². The van der Waals surface area contributed by atoms with E-state index in [0.717, 1.165) is 16.7 Å². The molecule has 0 bridgehead atoms. The summed E-state index contributed by atoms with van der Waals surface area (Å²) in [7, 11) is -4.42. The summed E-state index contributed by atoms with van der Waals surface area (Å²) in [5.74, 6) is -1.62. The van der Waals surface area contributed by atoms with E-state index in [1.165, 1.54) is 24.3 Å². The molecule has 0 saturated carbocycles. The van der Waals surface area contributed by atoms with Gasteiger partial charge < -0.3 is 4.55 Å². The first kappa shape index (κ1) is 16.1. The first-order valence-corrected chi connectivity index (χ1v) is 8.51. The van der Waals surface area contributed by atoms with E-state index in [1.807, 2.05) is 0 Å². The number of thioether (sulfide) groups is 1. The largest absolute Gasteiger partial charge is 0.748 e. The second kappa shape index (κ2) is 6.22. The van der Waals surface area contributed by atoms with Gasteiger partial charge in [-0.3, -0.25) is 9.69 Å². The molecule has 5 nitrogen and oxygen atoms in total. The fourth-order valence-corrected chi connectivity index (χ4v) is 3.36. The van der Waals surface area contributed by atoms with Crippen LogP contribution in [0.15, 0.2) is 29.2 Å². The van der Waals surface area contributed by atoms with Crippen molar-refractivity contribution in [1.29, 1.82) is 0 Å². The molecule has 1 aliphatic rings. The Bertz CT molecular complexity index is 730. The quantitative estimate of drug-likeness (QED) is 0.468. The van der Waals surface area contributed by atoms with Crippen LogP contribution in [0.2, 0.25) is 0 Å². The molecule has 1 fully saturated rings. The third-order valence-corrected chi connectivity index (χ3v) is 4.65. The van der Waals surface area contributed by atoms with Crippen molar-refractivity contribution in [3.05, 3.63) is 40.6 Å². The highest BCUT2D eigenvalue weighted by molar-refractivity contribution is 8.26. The SMILES string of the molecule is O=C1/C(=C/c2cccc(F)c2)SC(=S)N1CCS(=O)(=O)[O-]. The molecule has 0 aromatic heterocycles. The van der Waals surface area contributed by atoms with E-state index in [4.69, 9.17) is 12.2 Å². The van der Waals surface area contributed by atoms with Gasteiger partial charge in [-0.15, -0.1) is 0 Å². The molecule has 0 aliphatic carbocycles. The average molecular weight is 346 g/mol. The Morgan fingerprint density at radius 3 is 2.76 bits per heavy atom. The molecule has 1 saturated heterocycles. The van der Waals surface area contributed by atoms with Crippen LogP contribution in [0.25, 0.3) is 6.08 Å². The Labute approximate surface area is 130 Å². The minimum atomic E-state index is -4.42. The van der Waals surface area contributed by atoms with Crippen LogP contribution in [0, 0.1) is 5.82 Å². The van der Waals surface area contributed by atoms with Crippen LogP contribution < -0.4 is 0 Å². The maximum atomic E-state index is 13.1. The second-order valence-electron chi connectivity index (χ2n) is 4.15. The first-order valence-electron chi connectivity index (χ1n) is 5.71. The number of hydrogen-bond acceptors (Lipinski definition) is 6. The number of amides is 1. The Kier molecular flexibility index (Phi) is 4.77. The second-order valence-corrected chi connectivity index (χ2v) is 7.35. The molecule has 1 amide bonds. The minimum Gasteiger partial charge on any atom is -0.748 e. The van der Waals surface area contributed by atoms with Gasteiger partial charge in [-0.25, -0.2) is 12.8 Å². The maximum absolute atomic E-state index is 13.1. The average Bonchev–Trinajstić information content (AvgIpc) is 2.61. The summed E-state index contributed by atoms with van der Waals surface area (Å²) >= 11 is 5.96. The van der Waals surface area contributed by atoms with Crippen molar-refractivity contribution in [2.24, 2.45) is 0 Å². The number of nitrogens with zero attached hydrogens (tertiary/aromatic N) is 1. The lowest BCUT2D eigenvalue weighted by Crippen LogP contribution is -2.32. The summed E-state index contributed by atoms with van der Waals surface area (Å²) in [6, 6.07) is 5.67. The summed E-state index contributed by atoms with van der Waals surface area (Å²) in [5.41, 5.74) is 0.493. The fourth-order valence-electron chi connectivity index (χ4n) is 1.64. The normalized spacial score (nSPS) is 17.8. The van der Waals surface area contributed by atoms with Gasteiger partial charge in [0.2, 0.25) is 0 Å². The van der Waals surface area contributed by atoms with Crippen molar-refractivity contribution in [1.82, 2.24) is 4.90 Å². The Morgan fingerprint density at radius 2 is 2.14 bits per heavy atom. The number of rotatable bonds is 4. The van der Waals surface area contributed by atoms with Crippen LogP contribution >= 0.6 is 24.0 Å². The number of halogens is 1. The number of thiocarbonyl (C=S) groups is 1. The Morgan fingerprint density at radius 1 is 1.43 bits per heavy atom. The molecule has 0 radical (unpaired) electrons. The molecule has 2 rings (SSSR count). The molecule has 0 N–H and O–H groups in total. The Balaban J connectivity index is 2.18. The molecule has 0 spiro atoms. The fraction of sp³-hybridized carbons (Fsp3) is 0.167. The summed E-state index contributed by atoms with van der Waals surface area (Å²) in [6.07, 6.45) is 1.47. The van der Waals surface area contributed by atoms with Crippen LogP contribution in [-0.4, -0.2) is 40.4 Å². The summed E-state index contributed by atoms with van der Waals surface area (Å²) in [5, 5.41) is 0. The van der Waals surface area contributed by atoms with Gasteiger partial charge in [0.1, 0.15) is 10.1 Å². The lowest BCUT2D eigenvalue weighted by molar-refractivity contribution is -0.121. The van der Waals surface area contributed by atoms with Crippen LogP contribution in [0.4, 0.5) is 4.39 Å². The summed E-state index contributed by atoms with van der Waals surface area (Å²) < 4.78 is 45.1. The molecule has 1 heterocycles. The van der Waals surface area contributed by atoms with Gasteiger partial charge in [0.25, 0.3) is 5.91 Å². The van der Waals surface area contributed by atoms with Crippen molar-refractivity contribution in [2.45, 2.75) is 0 Å². The van der Waals surface area contributed by atoms with E-state index < -0.39 is 27.6 Å². The van der Waals surface area contributed by atoms with E-state index in [2.05, 4.69) is 0 Å². The zero-order valence-electron chi connectivity index (χ0n) is 10.5.